The lowest BCUT2D eigenvalue weighted by atomic mass is 10.1. The van der Waals surface area contributed by atoms with E-state index in [1.807, 2.05) is 19.1 Å². The Hall–Kier alpha value is -2.03. The molecule has 0 saturated carbocycles. The van der Waals surface area contributed by atoms with Crippen molar-refractivity contribution in [1.29, 1.82) is 0 Å². The van der Waals surface area contributed by atoms with Crippen LogP contribution in [-0.2, 0) is 6.42 Å². The van der Waals surface area contributed by atoms with Gasteiger partial charge in [0, 0.05) is 17.0 Å². The molecule has 0 aliphatic carbocycles. The SMILES string of the molecule is CCC(C)=CCc1cc2ccc(O)cc2oc1=O. The molecule has 18 heavy (non-hydrogen) atoms. The van der Waals surface area contributed by atoms with E-state index in [2.05, 4.69) is 6.92 Å². The molecule has 0 amide bonds. The van der Waals surface area contributed by atoms with Gasteiger partial charge in [-0.25, -0.2) is 4.79 Å². The van der Waals surface area contributed by atoms with E-state index in [0.717, 1.165) is 11.8 Å². The lowest BCUT2D eigenvalue weighted by Crippen LogP contribution is -2.06. The van der Waals surface area contributed by atoms with Gasteiger partial charge in [0.25, 0.3) is 0 Å². The first kappa shape index (κ1) is 12.4. The standard InChI is InChI=1S/C15H16O3/c1-3-10(2)4-5-12-8-11-6-7-13(16)9-14(11)18-15(12)17/h4,6-9,16H,3,5H2,1-2H3. The Morgan fingerprint density at radius 1 is 1.39 bits per heavy atom. The average molecular weight is 244 g/mol. The lowest BCUT2D eigenvalue weighted by Gasteiger charge is -2.01. The maximum atomic E-state index is 11.8. The van der Waals surface area contributed by atoms with Gasteiger partial charge in [-0.05, 0) is 38.0 Å². The first-order chi connectivity index (χ1) is 8.60. The first-order valence-corrected chi connectivity index (χ1v) is 6.01. The highest BCUT2D eigenvalue weighted by atomic mass is 16.4. The van der Waals surface area contributed by atoms with Crippen LogP contribution in [0.25, 0.3) is 11.0 Å². The van der Waals surface area contributed by atoms with E-state index >= 15 is 0 Å². The van der Waals surface area contributed by atoms with E-state index in [4.69, 9.17) is 4.42 Å². The molecule has 2 aromatic rings. The van der Waals surface area contributed by atoms with Crippen LogP contribution in [0, 0.1) is 0 Å². The van der Waals surface area contributed by atoms with Gasteiger partial charge in [-0.1, -0.05) is 18.6 Å². The minimum atomic E-state index is -0.340. The van der Waals surface area contributed by atoms with Crippen molar-refractivity contribution >= 4 is 11.0 Å². The molecule has 1 N–H and O–H groups in total. The number of fused-ring (bicyclic) bond motifs is 1. The Kier molecular flexibility index (Phi) is 3.51. The highest BCUT2D eigenvalue weighted by molar-refractivity contribution is 5.78. The summed E-state index contributed by atoms with van der Waals surface area (Å²) < 4.78 is 5.19. The van der Waals surface area contributed by atoms with Gasteiger partial charge in [-0.15, -0.1) is 0 Å². The third-order valence-corrected chi connectivity index (χ3v) is 3.02. The topological polar surface area (TPSA) is 50.4 Å². The molecule has 94 valence electrons. The second kappa shape index (κ2) is 5.08. The second-order valence-corrected chi connectivity index (χ2v) is 4.39. The number of hydrogen-bond donors (Lipinski definition) is 1. The Labute approximate surface area is 105 Å². The maximum Gasteiger partial charge on any atom is 0.339 e. The zero-order chi connectivity index (χ0) is 13.1. The molecular formula is C15H16O3. The highest BCUT2D eigenvalue weighted by Gasteiger charge is 2.04. The molecule has 0 aliphatic rings. The summed E-state index contributed by atoms with van der Waals surface area (Å²) in [6.45, 7) is 4.12. The molecule has 0 spiro atoms. The van der Waals surface area contributed by atoms with Gasteiger partial charge < -0.3 is 9.52 Å². The molecule has 1 aromatic heterocycles. The van der Waals surface area contributed by atoms with Crippen molar-refractivity contribution in [3.63, 3.8) is 0 Å². The van der Waals surface area contributed by atoms with E-state index in [-0.39, 0.29) is 11.4 Å². The van der Waals surface area contributed by atoms with Gasteiger partial charge >= 0.3 is 5.63 Å². The molecule has 3 heteroatoms. The third kappa shape index (κ3) is 2.62. The number of phenols is 1. The molecule has 2 rings (SSSR count). The summed E-state index contributed by atoms with van der Waals surface area (Å²) in [5.74, 6) is 0.0973. The van der Waals surface area contributed by atoms with Crippen molar-refractivity contribution in [3.05, 3.63) is 51.9 Å². The lowest BCUT2D eigenvalue weighted by molar-refractivity contribution is 0.473. The predicted octanol–water partition coefficient (Wildman–Crippen LogP) is 3.40. The molecule has 0 bridgehead atoms. The number of benzene rings is 1. The molecule has 0 radical (unpaired) electrons. The number of phenolic OH excluding ortho intramolecular Hbond substituents is 1. The second-order valence-electron chi connectivity index (χ2n) is 4.39. The minimum absolute atomic E-state index is 0.0973. The maximum absolute atomic E-state index is 11.8. The Morgan fingerprint density at radius 2 is 2.17 bits per heavy atom. The number of hydrogen-bond acceptors (Lipinski definition) is 3. The Morgan fingerprint density at radius 3 is 2.89 bits per heavy atom. The first-order valence-electron chi connectivity index (χ1n) is 6.01. The fourth-order valence-electron chi connectivity index (χ4n) is 1.71. The summed E-state index contributed by atoms with van der Waals surface area (Å²) in [7, 11) is 0. The number of rotatable bonds is 3. The fraction of sp³-hybridized carbons (Fsp3) is 0.267. The smallest absolute Gasteiger partial charge is 0.339 e. The van der Waals surface area contributed by atoms with Gasteiger partial charge in [0.05, 0.1) is 0 Å². The van der Waals surface area contributed by atoms with E-state index in [0.29, 0.717) is 17.6 Å². The minimum Gasteiger partial charge on any atom is -0.508 e. The largest absolute Gasteiger partial charge is 0.508 e. The van der Waals surface area contributed by atoms with Crippen molar-refractivity contribution < 1.29 is 9.52 Å². The zero-order valence-electron chi connectivity index (χ0n) is 10.6. The summed E-state index contributed by atoms with van der Waals surface area (Å²) in [6.07, 6.45) is 3.60. The number of aromatic hydroxyl groups is 1. The van der Waals surface area contributed by atoms with Crippen LogP contribution in [-0.4, -0.2) is 5.11 Å². The molecule has 0 aliphatic heterocycles. The summed E-state index contributed by atoms with van der Waals surface area (Å²) >= 11 is 0. The Bertz CT molecular complexity index is 650. The van der Waals surface area contributed by atoms with Crippen LogP contribution in [0.4, 0.5) is 0 Å². The van der Waals surface area contributed by atoms with Crippen LogP contribution < -0.4 is 5.63 Å². The summed E-state index contributed by atoms with van der Waals surface area (Å²) in [6, 6.07) is 6.60. The van der Waals surface area contributed by atoms with E-state index in [1.165, 1.54) is 11.6 Å². The van der Waals surface area contributed by atoms with Crippen molar-refractivity contribution in [3.8, 4) is 5.75 Å². The van der Waals surface area contributed by atoms with Crippen molar-refractivity contribution in [2.75, 3.05) is 0 Å². The van der Waals surface area contributed by atoms with Crippen LogP contribution in [0.2, 0.25) is 0 Å². The van der Waals surface area contributed by atoms with Crippen molar-refractivity contribution in [2.24, 2.45) is 0 Å². The predicted molar refractivity (Wildman–Crippen MR) is 71.9 cm³/mol. The van der Waals surface area contributed by atoms with Crippen LogP contribution >= 0.6 is 0 Å². The molecule has 0 fully saturated rings. The van der Waals surface area contributed by atoms with Gasteiger partial charge in [-0.2, -0.15) is 0 Å². The number of allylic oxidation sites excluding steroid dienone is 2. The van der Waals surface area contributed by atoms with Crippen LogP contribution in [0.5, 0.6) is 5.75 Å². The molecule has 0 atom stereocenters. The quantitative estimate of drug-likeness (QED) is 0.665. The Balaban J connectivity index is 2.44. The highest BCUT2D eigenvalue weighted by Crippen LogP contribution is 2.19. The van der Waals surface area contributed by atoms with Gasteiger partial charge in [0.2, 0.25) is 0 Å². The zero-order valence-corrected chi connectivity index (χ0v) is 10.6. The van der Waals surface area contributed by atoms with Crippen LogP contribution in [0.15, 0.2) is 45.1 Å². The molecule has 3 nitrogen and oxygen atoms in total. The summed E-state index contributed by atoms with van der Waals surface area (Å²) in [4.78, 5) is 11.8. The monoisotopic (exact) mass is 244 g/mol. The third-order valence-electron chi connectivity index (χ3n) is 3.02. The molecule has 0 unspecified atom stereocenters. The van der Waals surface area contributed by atoms with Crippen LogP contribution in [0.3, 0.4) is 0 Å². The average Bonchev–Trinajstić information content (AvgIpc) is 2.35. The van der Waals surface area contributed by atoms with Gasteiger partial charge in [0.15, 0.2) is 0 Å². The van der Waals surface area contributed by atoms with Gasteiger partial charge in [0.1, 0.15) is 11.3 Å². The van der Waals surface area contributed by atoms with E-state index in [1.54, 1.807) is 12.1 Å². The summed E-state index contributed by atoms with van der Waals surface area (Å²) in [5.41, 5.74) is 1.97. The molecule has 1 heterocycles. The van der Waals surface area contributed by atoms with Crippen molar-refractivity contribution in [1.82, 2.24) is 0 Å². The summed E-state index contributed by atoms with van der Waals surface area (Å²) in [5, 5.41) is 10.2. The molecule has 1 aromatic carbocycles. The van der Waals surface area contributed by atoms with Crippen LogP contribution in [0.1, 0.15) is 25.8 Å². The van der Waals surface area contributed by atoms with Gasteiger partial charge in [-0.3, -0.25) is 0 Å². The molecule has 0 saturated heterocycles. The fourth-order valence-corrected chi connectivity index (χ4v) is 1.71. The normalized spacial score (nSPS) is 12.0. The van der Waals surface area contributed by atoms with E-state index in [9.17, 15) is 9.90 Å². The molecular weight excluding hydrogens is 228 g/mol. The van der Waals surface area contributed by atoms with E-state index < -0.39 is 0 Å². The van der Waals surface area contributed by atoms with Crippen molar-refractivity contribution in [2.45, 2.75) is 26.7 Å².